The van der Waals surface area contributed by atoms with Gasteiger partial charge < -0.3 is 24.2 Å². The van der Waals surface area contributed by atoms with Crippen LogP contribution in [0.4, 0.5) is 4.79 Å². The van der Waals surface area contributed by atoms with Crippen molar-refractivity contribution in [2.75, 3.05) is 19.9 Å². The summed E-state index contributed by atoms with van der Waals surface area (Å²) in [6.07, 6.45) is 1.72. The maximum atomic E-state index is 13.6. The number of rotatable bonds is 5. The molecule has 2 aromatic rings. The Hall–Kier alpha value is -3.56. The molecule has 5 rings (SSSR count). The Morgan fingerprint density at radius 3 is 2.59 bits per heavy atom. The van der Waals surface area contributed by atoms with Crippen LogP contribution in [-0.2, 0) is 11.3 Å². The molecule has 2 fully saturated rings. The van der Waals surface area contributed by atoms with Gasteiger partial charge in [-0.25, -0.2) is 4.79 Å². The number of benzene rings is 1. The SMILES string of the molecule is CC[C@@]1(C2CCN(C(=O)c3c(C)noc3C)CC2)NC(=O)N(Cc2ccc3c(c2)OCO3)C1=O. The average molecular weight is 469 g/mol. The molecule has 10 nitrogen and oxygen atoms in total. The zero-order valence-electron chi connectivity index (χ0n) is 19.6. The predicted octanol–water partition coefficient (Wildman–Crippen LogP) is 2.77. The third kappa shape index (κ3) is 3.48. The second-order valence-corrected chi connectivity index (χ2v) is 9.10. The van der Waals surface area contributed by atoms with Crippen molar-refractivity contribution in [3.05, 3.63) is 40.8 Å². The fourth-order valence-electron chi connectivity index (χ4n) is 5.34. The maximum Gasteiger partial charge on any atom is 0.325 e. The topological polar surface area (TPSA) is 114 Å². The van der Waals surface area contributed by atoms with Gasteiger partial charge in [-0.05, 0) is 56.7 Å². The molecule has 0 aliphatic carbocycles. The van der Waals surface area contributed by atoms with Crippen LogP contribution in [0.3, 0.4) is 0 Å². The summed E-state index contributed by atoms with van der Waals surface area (Å²) in [7, 11) is 0. The van der Waals surface area contributed by atoms with Crippen LogP contribution in [0.5, 0.6) is 11.5 Å². The highest BCUT2D eigenvalue weighted by Gasteiger charge is 2.55. The molecule has 0 bridgehead atoms. The molecule has 4 heterocycles. The Kier molecular flexibility index (Phi) is 5.45. The third-order valence-corrected chi connectivity index (χ3v) is 7.26. The number of fused-ring (bicyclic) bond motifs is 1. The molecular formula is C24H28N4O6. The lowest BCUT2D eigenvalue weighted by molar-refractivity contribution is -0.134. The highest BCUT2D eigenvalue weighted by Crippen LogP contribution is 2.38. The number of carbonyl (C=O) groups is 3. The van der Waals surface area contributed by atoms with Gasteiger partial charge in [-0.2, -0.15) is 0 Å². The molecule has 34 heavy (non-hydrogen) atoms. The quantitative estimate of drug-likeness (QED) is 0.671. The van der Waals surface area contributed by atoms with E-state index in [1.54, 1.807) is 30.9 Å². The summed E-state index contributed by atoms with van der Waals surface area (Å²) >= 11 is 0. The van der Waals surface area contributed by atoms with Gasteiger partial charge in [0.25, 0.3) is 11.8 Å². The van der Waals surface area contributed by atoms with Crippen molar-refractivity contribution in [2.24, 2.45) is 5.92 Å². The minimum absolute atomic E-state index is 0.0653. The number of aromatic nitrogens is 1. The highest BCUT2D eigenvalue weighted by atomic mass is 16.7. The van der Waals surface area contributed by atoms with Gasteiger partial charge in [0.1, 0.15) is 16.9 Å². The minimum atomic E-state index is -0.967. The smallest absolute Gasteiger partial charge is 0.325 e. The summed E-state index contributed by atoms with van der Waals surface area (Å²) in [5.74, 6) is 1.39. The fraction of sp³-hybridized carbons (Fsp3) is 0.500. The maximum absolute atomic E-state index is 13.6. The lowest BCUT2D eigenvalue weighted by Gasteiger charge is -2.40. The Morgan fingerprint density at radius 2 is 1.91 bits per heavy atom. The van der Waals surface area contributed by atoms with Crippen LogP contribution in [0.1, 0.15) is 53.6 Å². The Morgan fingerprint density at radius 1 is 1.18 bits per heavy atom. The van der Waals surface area contributed by atoms with Crippen molar-refractivity contribution in [2.45, 2.75) is 52.1 Å². The molecule has 1 aromatic heterocycles. The lowest BCUT2D eigenvalue weighted by atomic mass is 9.75. The first-order valence-electron chi connectivity index (χ1n) is 11.6. The van der Waals surface area contributed by atoms with Gasteiger partial charge in [0.05, 0.1) is 12.2 Å². The van der Waals surface area contributed by atoms with Gasteiger partial charge in [-0.1, -0.05) is 18.1 Å². The fourth-order valence-corrected chi connectivity index (χ4v) is 5.34. The van der Waals surface area contributed by atoms with E-state index in [4.69, 9.17) is 14.0 Å². The van der Waals surface area contributed by atoms with Crippen molar-refractivity contribution in [3.8, 4) is 11.5 Å². The van der Waals surface area contributed by atoms with Gasteiger partial charge in [-0.15, -0.1) is 0 Å². The number of hydrogen-bond donors (Lipinski definition) is 1. The summed E-state index contributed by atoms with van der Waals surface area (Å²) in [6.45, 7) is 6.73. The molecule has 3 aliphatic heterocycles. The number of piperidine rings is 1. The molecule has 0 spiro atoms. The predicted molar refractivity (Wildman–Crippen MR) is 119 cm³/mol. The first kappa shape index (κ1) is 22.2. The van der Waals surface area contributed by atoms with Gasteiger partial charge in [0.15, 0.2) is 11.5 Å². The molecule has 180 valence electrons. The number of hydrogen-bond acceptors (Lipinski definition) is 7. The van der Waals surface area contributed by atoms with Crippen molar-refractivity contribution in [1.82, 2.24) is 20.3 Å². The van der Waals surface area contributed by atoms with Crippen molar-refractivity contribution in [1.29, 1.82) is 0 Å². The van der Waals surface area contributed by atoms with E-state index in [0.717, 1.165) is 5.56 Å². The first-order valence-corrected chi connectivity index (χ1v) is 11.6. The number of imide groups is 1. The summed E-state index contributed by atoms with van der Waals surface area (Å²) in [5, 5.41) is 6.88. The molecule has 4 amide bonds. The number of amides is 4. The largest absolute Gasteiger partial charge is 0.454 e. The average Bonchev–Trinajstić information content (AvgIpc) is 3.51. The zero-order valence-corrected chi connectivity index (χ0v) is 19.6. The molecular weight excluding hydrogens is 440 g/mol. The van der Waals surface area contributed by atoms with E-state index < -0.39 is 11.6 Å². The van der Waals surface area contributed by atoms with Crippen LogP contribution in [-0.4, -0.2) is 58.2 Å². The van der Waals surface area contributed by atoms with Crippen LogP contribution < -0.4 is 14.8 Å². The van der Waals surface area contributed by atoms with Crippen LogP contribution in [0, 0.1) is 19.8 Å². The van der Waals surface area contributed by atoms with E-state index in [1.807, 2.05) is 13.0 Å². The number of nitrogens with one attached hydrogen (secondary N) is 1. The molecule has 2 saturated heterocycles. The Labute approximate surface area is 197 Å². The van der Waals surface area contributed by atoms with Gasteiger partial charge in [-0.3, -0.25) is 14.5 Å². The summed E-state index contributed by atoms with van der Waals surface area (Å²) in [4.78, 5) is 42.5. The van der Waals surface area contributed by atoms with Gasteiger partial charge in [0, 0.05) is 13.1 Å². The molecule has 1 atom stereocenters. The van der Waals surface area contributed by atoms with Gasteiger partial charge in [0.2, 0.25) is 6.79 Å². The van der Waals surface area contributed by atoms with E-state index in [9.17, 15) is 14.4 Å². The van der Waals surface area contributed by atoms with Crippen molar-refractivity contribution in [3.63, 3.8) is 0 Å². The molecule has 0 radical (unpaired) electrons. The molecule has 10 heteroatoms. The van der Waals surface area contributed by atoms with E-state index >= 15 is 0 Å². The van der Waals surface area contributed by atoms with E-state index in [1.165, 1.54) is 4.90 Å². The van der Waals surface area contributed by atoms with Gasteiger partial charge >= 0.3 is 6.03 Å². The number of likely N-dealkylation sites (tertiary alicyclic amines) is 1. The van der Waals surface area contributed by atoms with Crippen molar-refractivity contribution < 1.29 is 28.4 Å². The summed E-state index contributed by atoms with van der Waals surface area (Å²) in [6, 6.07) is 5.03. The van der Waals surface area contributed by atoms with E-state index in [0.29, 0.717) is 60.9 Å². The number of nitrogens with zero attached hydrogens (tertiary/aromatic N) is 3. The van der Waals surface area contributed by atoms with Crippen LogP contribution >= 0.6 is 0 Å². The number of ether oxygens (including phenoxy) is 2. The van der Waals surface area contributed by atoms with E-state index in [-0.39, 0.29) is 31.1 Å². The third-order valence-electron chi connectivity index (χ3n) is 7.26. The monoisotopic (exact) mass is 468 g/mol. The first-order chi connectivity index (χ1) is 16.3. The Balaban J connectivity index is 1.29. The second-order valence-electron chi connectivity index (χ2n) is 9.10. The second kappa shape index (κ2) is 8.34. The number of urea groups is 1. The summed E-state index contributed by atoms with van der Waals surface area (Å²) < 4.78 is 15.9. The van der Waals surface area contributed by atoms with E-state index in [2.05, 4.69) is 10.5 Å². The molecule has 1 aromatic carbocycles. The lowest BCUT2D eigenvalue weighted by Crippen LogP contribution is -2.56. The normalized spacial score (nSPS) is 22.4. The number of carbonyl (C=O) groups excluding carboxylic acids is 3. The molecule has 0 saturated carbocycles. The molecule has 0 unspecified atom stereocenters. The van der Waals surface area contributed by atoms with Crippen molar-refractivity contribution >= 4 is 17.8 Å². The molecule has 1 N–H and O–H groups in total. The zero-order chi connectivity index (χ0) is 24.0. The van der Waals surface area contributed by atoms with Crippen LogP contribution in [0.15, 0.2) is 22.7 Å². The highest BCUT2D eigenvalue weighted by molar-refractivity contribution is 6.07. The van der Waals surface area contributed by atoms with Crippen LogP contribution in [0.25, 0.3) is 0 Å². The summed E-state index contributed by atoms with van der Waals surface area (Å²) in [5.41, 5.74) is 0.904. The van der Waals surface area contributed by atoms with Crippen LogP contribution in [0.2, 0.25) is 0 Å². The standard InChI is InChI=1S/C24H28N4O6/c1-4-24(17-7-9-27(10-8-17)21(29)20-14(2)26-34-15(20)3)22(30)28(23(31)25-24)12-16-5-6-18-19(11-16)33-13-32-18/h5-6,11,17H,4,7-10,12-13H2,1-3H3,(H,25,31)/t24-/m0/s1. The Bertz CT molecular complexity index is 1130. The number of aryl methyl sites for hydroxylation is 2. The molecule has 3 aliphatic rings. The minimum Gasteiger partial charge on any atom is -0.454 e.